The Morgan fingerprint density at radius 1 is 1.22 bits per heavy atom. The lowest BCUT2D eigenvalue weighted by Gasteiger charge is -2.14. The van der Waals surface area contributed by atoms with Crippen LogP contribution in [0.25, 0.3) is 16.8 Å². The van der Waals surface area contributed by atoms with E-state index in [1.165, 1.54) is 36.4 Å². The molecule has 0 unspecified atom stereocenters. The smallest absolute Gasteiger partial charge is 0.417 e. The number of nitrogens with one attached hydrogen (secondary N) is 1. The van der Waals surface area contributed by atoms with Crippen LogP contribution in [0.5, 0.6) is 5.75 Å². The molecule has 0 radical (unpaired) electrons. The molecule has 0 amide bonds. The summed E-state index contributed by atoms with van der Waals surface area (Å²) in [6.07, 6.45) is -2.34. The van der Waals surface area contributed by atoms with E-state index in [-0.39, 0.29) is 28.5 Å². The van der Waals surface area contributed by atoms with Crippen LogP contribution in [0, 0.1) is 0 Å². The van der Waals surface area contributed by atoms with Gasteiger partial charge in [-0.25, -0.2) is 4.79 Å². The third-order valence-electron chi connectivity index (χ3n) is 4.94. The fourth-order valence-corrected chi connectivity index (χ4v) is 3.66. The molecule has 0 fully saturated rings. The third kappa shape index (κ3) is 4.29. The highest BCUT2D eigenvalue weighted by atomic mass is 35.5. The van der Waals surface area contributed by atoms with E-state index in [2.05, 4.69) is 10.5 Å². The summed E-state index contributed by atoms with van der Waals surface area (Å²) in [5.41, 5.74) is -0.159. The number of halogens is 4. The lowest BCUT2D eigenvalue weighted by molar-refractivity contribution is -0.137. The highest BCUT2D eigenvalue weighted by Crippen LogP contribution is 2.43. The van der Waals surface area contributed by atoms with Crippen molar-refractivity contribution in [1.82, 2.24) is 10.5 Å². The van der Waals surface area contributed by atoms with E-state index < -0.39 is 17.7 Å². The fraction of sp³-hybridized carbons (Fsp3) is 0.182. The molecule has 10 heteroatoms. The van der Waals surface area contributed by atoms with Crippen molar-refractivity contribution in [3.63, 3.8) is 0 Å². The monoisotopic (exact) mass is 464 g/mol. The van der Waals surface area contributed by atoms with E-state index in [0.717, 1.165) is 11.6 Å². The molecule has 1 aromatic heterocycles. The van der Waals surface area contributed by atoms with Gasteiger partial charge in [0.1, 0.15) is 18.1 Å². The maximum atomic E-state index is 13.7. The minimum absolute atomic E-state index is 0.0621. The second-order valence-corrected chi connectivity index (χ2v) is 7.40. The number of alkyl halides is 3. The Labute approximate surface area is 185 Å². The average molecular weight is 465 g/mol. The van der Waals surface area contributed by atoms with Crippen LogP contribution in [0.2, 0.25) is 5.02 Å². The first-order chi connectivity index (χ1) is 15.3. The zero-order chi connectivity index (χ0) is 22.9. The molecule has 2 N–H and O–H groups in total. The van der Waals surface area contributed by atoms with Crippen LogP contribution in [-0.4, -0.2) is 22.8 Å². The zero-order valence-electron chi connectivity index (χ0n) is 16.4. The summed E-state index contributed by atoms with van der Waals surface area (Å²) in [7, 11) is 0. The summed E-state index contributed by atoms with van der Waals surface area (Å²) >= 11 is 6.17. The molecule has 0 saturated carbocycles. The van der Waals surface area contributed by atoms with Crippen molar-refractivity contribution in [1.29, 1.82) is 0 Å². The van der Waals surface area contributed by atoms with Crippen LogP contribution < -0.4 is 10.1 Å². The number of carbonyl (C=O) groups is 1. The SMILES string of the molecule is O=C(O)c1ccc(OCc2c(-c3c(Cl)cccc3C(F)(F)F)noc2C2=CNCC2)cc1. The van der Waals surface area contributed by atoms with Gasteiger partial charge in [-0.1, -0.05) is 22.8 Å². The number of aromatic nitrogens is 1. The molecule has 0 aliphatic carbocycles. The standard InChI is InChI=1S/C22H16ClF3N2O4/c23-17-3-1-2-16(22(24,25)26)18(17)19-15(20(32-28-19)13-8-9-27-10-13)11-31-14-6-4-12(5-7-14)21(29)30/h1-7,10,27H,8-9,11H2,(H,29,30). The van der Waals surface area contributed by atoms with Crippen LogP contribution in [0.1, 0.15) is 33.7 Å². The summed E-state index contributed by atoms with van der Waals surface area (Å²) in [4.78, 5) is 11.0. The Morgan fingerprint density at radius 3 is 2.59 bits per heavy atom. The first-order valence-electron chi connectivity index (χ1n) is 9.49. The van der Waals surface area contributed by atoms with E-state index >= 15 is 0 Å². The minimum Gasteiger partial charge on any atom is -0.489 e. The fourth-order valence-electron chi connectivity index (χ4n) is 3.40. The van der Waals surface area contributed by atoms with Gasteiger partial charge in [0.15, 0.2) is 5.76 Å². The molecule has 3 aromatic rings. The van der Waals surface area contributed by atoms with Gasteiger partial charge in [0.2, 0.25) is 0 Å². The Hall–Kier alpha value is -3.46. The molecule has 0 bridgehead atoms. The molecule has 6 nitrogen and oxygen atoms in total. The molecule has 0 atom stereocenters. The Morgan fingerprint density at radius 2 is 1.97 bits per heavy atom. The molecular formula is C22H16ClF3N2O4. The Bertz CT molecular complexity index is 1190. The van der Waals surface area contributed by atoms with Gasteiger partial charge >= 0.3 is 12.1 Å². The number of benzene rings is 2. The average Bonchev–Trinajstić information content (AvgIpc) is 3.41. The van der Waals surface area contributed by atoms with Crippen molar-refractivity contribution < 1.29 is 32.3 Å². The number of rotatable bonds is 6. The maximum Gasteiger partial charge on any atom is 0.417 e. The molecule has 2 heterocycles. The number of carboxylic acid groups (broad SMARTS) is 1. The number of hydrogen-bond acceptors (Lipinski definition) is 5. The number of hydrogen-bond donors (Lipinski definition) is 2. The highest BCUT2D eigenvalue weighted by molar-refractivity contribution is 6.33. The van der Waals surface area contributed by atoms with Gasteiger partial charge in [-0.15, -0.1) is 0 Å². The molecule has 32 heavy (non-hydrogen) atoms. The van der Waals surface area contributed by atoms with Crippen LogP contribution in [0.3, 0.4) is 0 Å². The van der Waals surface area contributed by atoms with Crippen molar-refractivity contribution in [2.75, 3.05) is 6.54 Å². The second-order valence-electron chi connectivity index (χ2n) is 6.99. The molecule has 4 rings (SSSR count). The van der Waals surface area contributed by atoms with Crippen LogP contribution in [0.15, 0.2) is 53.2 Å². The van der Waals surface area contributed by atoms with Gasteiger partial charge in [0.25, 0.3) is 0 Å². The number of ether oxygens (including phenoxy) is 1. The summed E-state index contributed by atoms with van der Waals surface area (Å²) in [5.74, 6) is -0.443. The van der Waals surface area contributed by atoms with Gasteiger partial charge in [-0.3, -0.25) is 0 Å². The van der Waals surface area contributed by atoms with Gasteiger partial charge in [0.05, 0.1) is 21.7 Å². The van der Waals surface area contributed by atoms with Crippen LogP contribution in [0.4, 0.5) is 13.2 Å². The predicted octanol–water partition coefficient (Wildman–Crippen LogP) is 5.63. The topological polar surface area (TPSA) is 84.6 Å². The summed E-state index contributed by atoms with van der Waals surface area (Å²) in [5, 5.41) is 15.9. The van der Waals surface area contributed by atoms with E-state index in [1.807, 2.05) is 0 Å². The summed E-state index contributed by atoms with van der Waals surface area (Å²) in [6.45, 7) is 0.489. The normalized spacial score (nSPS) is 13.6. The summed E-state index contributed by atoms with van der Waals surface area (Å²) < 4.78 is 52.3. The number of carboxylic acids is 1. The van der Waals surface area contributed by atoms with E-state index in [9.17, 15) is 18.0 Å². The molecule has 0 spiro atoms. The highest BCUT2D eigenvalue weighted by Gasteiger charge is 2.37. The minimum atomic E-state index is -4.65. The van der Waals surface area contributed by atoms with Gasteiger partial charge in [0, 0.05) is 23.9 Å². The Kier molecular flexibility index (Phi) is 5.84. The molecule has 166 valence electrons. The molecule has 1 aliphatic heterocycles. The van der Waals surface area contributed by atoms with Gasteiger partial charge < -0.3 is 19.7 Å². The first kappa shape index (κ1) is 21.8. The first-order valence-corrected chi connectivity index (χ1v) is 9.87. The molecule has 0 saturated heterocycles. The lowest BCUT2D eigenvalue weighted by atomic mass is 9.98. The van der Waals surface area contributed by atoms with Gasteiger partial charge in [-0.05, 0) is 42.8 Å². The van der Waals surface area contributed by atoms with Crippen LogP contribution in [-0.2, 0) is 12.8 Å². The number of nitrogens with zero attached hydrogens (tertiary/aromatic N) is 1. The van der Waals surface area contributed by atoms with Gasteiger partial charge in [-0.2, -0.15) is 13.2 Å². The third-order valence-corrected chi connectivity index (χ3v) is 5.25. The Balaban J connectivity index is 1.76. The van der Waals surface area contributed by atoms with Crippen molar-refractivity contribution >= 4 is 23.1 Å². The van der Waals surface area contributed by atoms with Crippen molar-refractivity contribution in [3.8, 4) is 17.0 Å². The van der Waals surface area contributed by atoms with Crippen molar-refractivity contribution in [2.45, 2.75) is 19.2 Å². The summed E-state index contributed by atoms with van der Waals surface area (Å²) in [6, 6.07) is 9.16. The maximum absolute atomic E-state index is 13.7. The molecule has 1 aliphatic rings. The largest absolute Gasteiger partial charge is 0.489 e. The van der Waals surface area contributed by atoms with E-state index in [0.29, 0.717) is 30.0 Å². The van der Waals surface area contributed by atoms with Crippen molar-refractivity contribution in [3.05, 3.63) is 76.1 Å². The predicted molar refractivity (Wildman–Crippen MR) is 110 cm³/mol. The van der Waals surface area contributed by atoms with Crippen LogP contribution >= 0.6 is 11.6 Å². The lowest BCUT2D eigenvalue weighted by Crippen LogP contribution is -2.09. The van der Waals surface area contributed by atoms with Crippen molar-refractivity contribution in [2.24, 2.45) is 0 Å². The second kappa shape index (κ2) is 8.58. The van der Waals surface area contributed by atoms with E-state index in [4.69, 9.17) is 26.0 Å². The van der Waals surface area contributed by atoms with E-state index in [1.54, 1.807) is 6.20 Å². The molecular weight excluding hydrogens is 449 g/mol. The molecule has 2 aromatic carbocycles. The number of aromatic carboxylic acids is 1. The zero-order valence-corrected chi connectivity index (χ0v) is 17.1. The quantitative estimate of drug-likeness (QED) is 0.492.